The number of aromatic nitrogens is 4. The Morgan fingerprint density at radius 1 is 1.61 bits per heavy atom. The number of carboxylic acids is 1. The summed E-state index contributed by atoms with van der Waals surface area (Å²) in [4.78, 5) is 10.6. The monoisotopic (exact) mass is 256 g/mol. The van der Waals surface area contributed by atoms with Gasteiger partial charge in [-0.15, -0.1) is 5.10 Å². The van der Waals surface area contributed by atoms with Crippen molar-refractivity contribution in [3.05, 3.63) is 5.82 Å². The highest BCUT2D eigenvalue weighted by molar-refractivity contribution is 5.66. The van der Waals surface area contributed by atoms with Crippen LogP contribution >= 0.6 is 0 Å². The molecule has 1 saturated heterocycles. The lowest BCUT2D eigenvalue weighted by Crippen LogP contribution is -2.26. The minimum Gasteiger partial charge on any atom is -0.481 e. The summed E-state index contributed by atoms with van der Waals surface area (Å²) in [5.74, 6) is -0.282. The van der Waals surface area contributed by atoms with E-state index in [4.69, 9.17) is 14.6 Å². The van der Waals surface area contributed by atoms with Crippen molar-refractivity contribution in [2.45, 2.75) is 26.0 Å². The smallest absolute Gasteiger partial charge is 0.303 e. The second-order valence-electron chi connectivity index (χ2n) is 4.36. The number of hydrogen-bond acceptors (Lipinski definition) is 6. The molecule has 1 aliphatic rings. The Morgan fingerprint density at radius 2 is 2.44 bits per heavy atom. The van der Waals surface area contributed by atoms with Gasteiger partial charge >= 0.3 is 5.97 Å². The van der Waals surface area contributed by atoms with Crippen molar-refractivity contribution >= 4 is 5.97 Å². The van der Waals surface area contributed by atoms with E-state index in [1.54, 1.807) is 4.68 Å². The van der Waals surface area contributed by atoms with Crippen LogP contribution < -0.4 is 0 Å². The van der Waals surface area contributed by atoms with Crippen molar-refractivity contribution in [3.8, 4) is 0 Å². The number of aliphatic carboxylic acids is 1. The molecule has 0 spiro atoms. The largest absolute Gasteiger partial charge is 0.481 e. The zero-order valence-corrected chi connectivity index (χ0v) is 10.2. The average molecular weight is 256 g/mol. The van der Waals surface area contributed by atoms with Gasteiger partial charge in [0.15, 0.2) is 5.82 Å². The van der Waals surface area contributed by atoms with Gasteiger partial charge in [-0.3, -0.25) is 4.79 Å². The molecule has 2 heterocycles. The highest BCUT2D eigenvalue weighted by Gasteiger charge is 2.24. The van der Waals surface area contributed by atoms with Gasteiger partial charge in [0.1, 0.15) is 6.10 Å². The molecule has 8 nitrogen and oxygen atoms in total. The number of carboxylic acid groups (broad SMARTS) is 1. The van der Waals surface area contributed by atoms with E-state index in [0.717, 1.165) is 0 Å². The minimum atomic E-state index is -0.825. The molecule has 1 fully saturated rings. The van der Waals surface area contributed by atoms with Crippen LogP contribution in [0.25, 0.3) is 0 Å². The van der Waals surface area contributed by atoms with Crippen LogP contribution in [0, 0.1) is 5.92 Å². The van der Waals surface area contributed by atoms with Gasteiger partial charge in [0.05, 0.1) is 19.8 Å². The first-order chi connectivity index (χ1) is 8.66. The molecule has 0 aromatic carbocycles. The van der Waals surface area contributed by atoms with Gasteiger partial charge in [0.25, 0.3) is 0 Å². The van der Waals surface area contributed by atoms with Gasteiger partial charge in [-0.1, -0.05) is 6.92 Å². The lowest BCUT2D eigenvalue weighted by molar-refractivity contribution is -0.138. The van der Waals surface area contributed by atoms with E-state index in [1.165, 1.54) is 0 Å². The zero-order valence-electron chi connectivity index (χ0n) is 10.2. The molecule has 1 aromatic heterocycles. The second kappa shape index (κ2) is 5.87. The Hall–Kier alpha value is -1.54. The Bertz CT molecular complexity index is 402. The van der Waals surface area contributed by atoms with E-state index in [-0.39, 0.29) is 18.4 Å². The predicted octanol–water partition coefficient (Wildman–Crippen LogP) is -0.128. The van der Waals surface area contributed by atoms with Gasteiger partial charge in [0.2, 0.25) is 0 Å². The molecule has 0 radical (unpaired) electrons. The van der Waals surface area contributed by atoms with E-state index in [0.29, 0.717) is 32.2 Å². The molecular weight excluding hydrogens is 240 g/mol. The Labute approximate surface area is 104 Å². The normalized spacial score (nSPS) is 21.7. The fourth-order valence-corrected chi connectivity index (χ4v) is 1.87. The van der Waals surface area contributed by atoms with E-state index in [2.05, 4.69) is 15.5 Å². The number of nitrogens with zero attached hydrogens (tertiary/aromatic N) is 4. The van der Waals surface area contributed by atoms with Crippen LogP contribution in [-0.2, 0) is 20.8 Å². The number of tetrazole rings is 1. The molecular formula is C10H16N4O4. The number of hydrogen-bond donors (Lipinski definition) is 1. The molecule has 2 unspecified atom stereocenters. The first-order valence-electron chi connectivity index (χ1n) is 5.84. The molecule has 2 atom stereocenters. The lowest BCUT2D eigenvalue weighted by atomic mass is 10.1. The fraction of sp³-hybridized carbons (Fsp3) is 0.800. The SMILES string of the molecule is CC(CC(=O)O)Cn1nnnc1C1COCCO1. The summed E-state index contributed by atoms with van der Waals surface area (Å²) in [6, 6.07) is 0. The molecule has 0 bridgehead atoms. The maximum absolute atomic E-state index is 10.6. The van der Waals surface area contributed by atoms with E-state index in [1.807, 2.05) is 6.92 Å². The van der Waals surface area contributed by atoms with Crippen LogP contribution in [0.2, 0.25) is 0 Å². The lowest BCUT2D eigenvalue weighted by Gasteiger charge is -2.22. The second-order valence-corrected chi connectivity index (χ2v) is 4.36. The third-order valence-corrected chi connectivity index (χ3v) is 2.67. The molecule has 1 aliphatic heterocycles. The van der Waals surface area contributed by atoms with E-state index in [9.17, 15) is 4.79 Å². The van der Waals surface area contributed by atoms with Crippen LogP contribution in [0.3, 0.4) is 0 Å². The first kappa shape index (κ1) is 12.9. The van der Waals surface area contributed by atoms with Gasteiger partial charge in [-0.25, -0.2) is 4.68 Å². The van der Waals surface area contributed by atoms with Crippen molar-refractivity contribution in [2.24, 2.45) is 5.92 Å². The van der Waals surface area contributed by atoms with E-state index >= 15 is 0 Å². The molecule has 0 amide bonds. The minimum absolute atomic E-state index is 0.0470. The average Bonchev–Trinajstić information content (AvgIpc) is 2.77. The molecule has 1 N–H and O–H groups in total. The molecule has 1 aromatic rings. The summed E-state index contributed by atoms with van der Waals surface area (Å²) in [7, 11) is 0. The number of rotatable bonds is 5. The topological polar surface area (TPSA) is 99.4 Å². The summed E-state index contributed by atoms with van der Waals surface area (Å²) >= 11 is 0. The zero-order chi connectivity index (χ0) is 13.0. The summed E-state index contributed by atoms with van der Waals surface area (Å²) < 4.78 is 12.4. The van der Waals surface area contributed by atoms with Crippen LogP contribution in [-0.4, -0.2) is 51.1 Å². The number of carbonyl (C=O) groups is 1. The number of ether oxygens (including phenoxy) is 2. The van der Waals surface area contributed by atoms with Crippen LogP contribution in [0.5, 0.6) is 0 Å². The van der Waals surface area contributed by atoms with Gasteiger partial charge in [-0.05, 0) is 16.3 Å². The Morgan fingerprint density at radius 3 is 3.11 bits per heavy atom. The van der Waals surface area contributed by atoms with Crippen LogP contribution in [0.4, 0.5) is 0 Å². The molecule has 18 heavy (non-hydrogen) atoms. The summed E-state index contributed by atoms with van der Waals surface area (Å²) in [6.45, 7) is 3.82. The van der Waals surface area contributed by atoms with Crippen molar-refractivity contribution in [2.75, 3.05) is 19.8 Å². The summed E-state index contributed by atoms with van der Waals surface area (Å²) in [6.07, 6.45) is -0.188. The van der Waals surface area contributed by atoms with Gasteiger partial charge in [-0.2, -0.15) is 0 Å². The van der Waals surface area contributed by atoms with Crippen molar-refractivity contribution in [1.82, 2.24) is 20.2 Å². The molecule has 0 aliphatic carbocycles. The Kier molecular flexibility index (Phi) is 4.21. The summed E-state index contributed by atoms with van der Waals surface area (Å²) in [5, 5.41) is 20.1. The maximum atomic E-state index is 10.6. The van der Waals surface area contributed by atoms with Crippen molar-refractivity contribution < 1.29 is 19.4 Å². The third-order valence-electron chi connectivity index (χ3n) is 2.67. The molecule has 2 rings (SSSR count). The summed E-state index contributed by atoms with van der Waals surface area (Å²) in [5.41, 5.74) is 0. The Balaban J connectivity index is 2.00. The predicted molar refractivity (Wildman–Crippen MR) is 58.7 cm³/mol. The van der Waals surface area contributed by atoms with Crippen LogP contribution in [0.15, 0.2) is 0 Å². The fourth-order valence-electron chi connectivity index (χ4n) is 1.87. The quantitative estimate of drug-likeness (QED) is 0.783. The third kappa shape index (κ3) is 3.23. The van der Waals surface area contributed by atoms with Crippen molar-refractivity contribution in [1.29, 1.82) is 0 Å². The van der Waals surface area contributed by atoms with E-state index < -0.39 is 5.97 Å². The molecule has 8 heteroatoms. The maximum Gasteiger partial charge on any atom is 0.303 e. The standard InChI is InChI=1S/C10H16N4O4/c1-7(4-9(15)16)5-14-10(11-12-13-14)8-6-17-2-3-18-8/h7-8H,2-6H2,1H3,(H,15,16). The van der Waals surface area contributed by atoms with Gasteiger partial charge < -0.3 is 14.6 Å². The van der Waals surface area contributed by atoms with Gasteiger partial charge in [0, 0.05) is 13.0 Å². The highest BCUT2D eigenvalue weighted by Crippen LogP contribution is 2.18. The van der Waals surface area contributed by atoms with Crippen molar-refractivity contribution in [3.63, 3.8) is 0 Å². The van der Waals surface area contributed by atoms with Crippen LogP contribution in [0.1, 0.15) is 25.3 Å². The molecule has 100 valence electrons. The highest BCUT2D eigenvalue weighted by atomic mass is 16.6. The first-order valence-corrected chi connectivity index (χ1v) is 5.84. The molecule has 0 saturated carbocycles.